The minimum Gasteiger partial charge on any atom is -0.323 e. The van der Waals surface area contributed by atoms with Crippen LogP contribution in [-0.2, 0) is 20.8 Å². The summed E-state index contributed by atoms with van der Waals surface area (Å²) in [5, 5.41) is 2.75. The molecule has 0 aromatic heterocycles. The third-order valence-corrected chi connectivity index (χ3v) is 0. The van der Waals surface area contributed by atoms with E-state index in [-0.39, 0.29) is 0 Å². The summed E-state index contributed by atoms with van der Waals surface area (Å²) < 4.78 is 63.2. The quantitative estimate of drug-likeness (QED) is 0.319. The molecule has 0 aliphatic rings. The van der Waals surface area contributed by atoms with Crippen molar-refractivity contribution in [3.63, 3.8) is 0 Å². The Morgan fingerprint density at radius 2 is 0.769 bits per heavy atom. The summed E-state index contributed by atoms with van der Waals surface area (Å²) in [6, 6.07) is 0. The lowest BCUT2D eigenvalue weighted by atomic mass is 11.3. The van der Waals surface area contributed by atoms with Crippen LogP contribution < -0.4 is 5.32 Å². The molecule has 0 radical (unpaired) electrons. The van der Waals surface area contributed by atoms with Gasteiger partial charge in [-0.05, 0) is 14.1 Å². The second-order valence-corrected chi connectivity index (χ2v) is 3.19. The zero-order chi connectivity index (χ0) is 11.7. The monoisotopic (exact) mass is 241 g/mol. The van der Waals surface area contributed by atoms with E-state index in [1.54, 1.807) is 0 Å². The molecule has 0 aromatic rings. The fourth-order valence-electron chi connectivity index (χ4n) is 0. The molecular weight excluding hydrogens is 230 g/mol. The van der Waals surface area contributed by atoms with Crippen molar-refractivity contribution >= 4 is 20.8 Å². The Morgan fingerprint density at radius 3 is 0.769 bits per heavy atom. The summed E-state index contributed by atoms with van der Waals surface area (Å²) in [4.78, 5) is 0. The molecule has 13 heavy (non-hydrogen) atoms. The van der Waals surface area contributed by atoms with Gasteiger partial charge >= 0.3 is 20.8 Å². The van der Waals surface area contributed by atoms with Gasteiger partial charge in [-0.25, -0.2) is 0 Å². The van der Waals surface area contributed by atoms with Gasteiger partial charge < -0.3 is 5.32 Å². The molecule has 0 atom stereocenters. The number of hydrogen-bond acceptors (Lipinski definition) is 5. The highest BCUT2D eigenvalue weighted by Gasteiger charge is 1.85. The first kappa shape index (κ1) is 18.5. The number of rotatable bonds is 0. The third-order valence-electron chi connectivity index (χ3n) is 0. The molecule has 0 spiro atoms. The molecule has 0 rings (SSSR count). The van der Waals surface area contributed by atoms with E-state index in [1.807, 2.05) is 14.1 Å². The van der Waals surface area contributed by atoms with Crippen LogP contribution in [0.1, 0.15) is 0 Å². The van der Waals surface area contributed by atoms with Gasteiger partial charge in [-0.2, -0.15) is 16.8 Å². The Balaban J connectivity index is -0.000000120. The molecule has 0 saturated heterocycles. The van der Waals surface area contributed by atoms with Crippen molar-refractivity contribution in [2.75, 3.05) is 14.1 Å². The first-order valence-corrected chi connectivity index (χ1v) is 5.19. The summed E-state index contributed by atoms with van der Waals surface area (Å²) in [5.41, 5.74) is 0. The summed E-state index contributed by atoms with van der Waals surface area (Å²) in [5.74, 6) is 0. The molecule has 84 valence electrons. The van der Waals surface area contributed by atoms with Crippen LogP contribution in [0.15, 0.2) is 0 Å². The van der Waals surface area contributed by atoms with E-state index >= 15 is 0 Å². The third kappa shape index (κ3) is 12200. The SMILES string of the molecule is CNC.O=S(=O)(O)O.O=S(=O)(O)O. The van der Waals surface area contributed by atoms with E-state index in [2.05, 4.69) is 5.32 Å². The molecule has 9 nitrogen and oxygen atoms in total. The van der Waals surface area contributed by atoms with Crippen molar-refractivity contribution in [2.24, 2.45) is 0 Å². The van der Waals surface area contributed by atoms with Crippen LogP contribution >= 0.6 is 0 Å². The van der Waals surface area contributed by atoms with Gasteiger partial charge in [0.2, 0.25) is 0 Å². The lowest BCUT2D eigenvalue weighted by Gasteiger charge is -1.68. The molecular formula is C2H11NO8S2. The Kier molecular flexibility index (Phi) is 11.8. The van der Waals surface area contributed by atoms with E-state index in [0.717, 1.165) is 0 Å². The van der Waals surface area contributed by atoms with Crippen molar-refractivity contribution in [1.29, 1.82) is 0 Å². The molecule has 0 bridgehead atoms. The van der Waals surface area contributed by atoms with Crippen molar-refractivity contribution in [1.82, 2.24) is 5.32 Å². The van der Waals surface area contributed by atoms with Crippen LogP contribution in [0.5, 0.6) is 0 Å². The van der Waals surface area contributed by atoms with E-state index in [9.17, 15) is 0 Å². The lowest BCUT2D eigenvalue weighted by Crippen LogP contribution is -1.89. The molecule has 0 aromatic carbocycles. The average molecular weight is 241 g/mol. The van der Waals surface area contributed by atoms with Gasteiger partial charge in [0.05, 0.1) is 0 Å². The van der Waals surface area contributed by atoms with E-state index < -0.39 is 20.8 Å². The second-order valence-electron chi connectivity index (χ2n) is 1.40. The fourth-order valence-corrected chi connectivity index (χ4v) is 0. The maximum absolute atomic E-state index is 8.74. The number of hydrogen-bond donors (Lipinski definition) is 5. The van der Waals surface area contributed by atoms with Gasteiger partial charge in [-0.15, -0.1) is 0 Å². The van der Waals surface area contributed by atoms with Crippen molar-refractivity contribution in [3.05, 3.63) is 0 Å². The maximum Gasteiger partial charge on any atom is 0.394 e. The first-order valence-electron chi connectivity index (χ1n) is 2.40. The Morgan fingerprint density at radius 1 is 0.769 bits per heavy atom. The highest BCUT2D eigenvalue weighted by Crippen LogP contribution is 1.59. The Labute approximate surface area is 75.9 Å². The second kappa shape index (κ2) is 8.31. The van der Waals surface area contributed by atoms with Crippen molar-refractivity contribution in [2.45, 2.75) is 0 Å². The van der Waals surface area contributed by atoms with Crippen LogP contribution in [0, 0.1) is 0 Å². The predicted octanol–water partition coefficient (Wildman–Crippen LogP) is -1.47. The molecule has 0 aliphatic heterocycles. The maximum atomic E-state index is 8.74. The normalized spacial score (nSPS) is 10.3. The van der Waals surface area contributed by atoms with E-state index in [4.69, 9.17) is 35.0 Å². The molecule has 0 fully saturated rings. The van der Waals surface area contributed by atoms with Crippen LogP contribution in [0.25, 0.3) is 0 Å². The summed E-state index contributed by atoms with van der Waals surface area (Å²) in [6.45, 7) is 0. The van der Waals surface area contributed by atoms with Gasteiger partial charge in [0, 0.05) is 0 Å². The Hall–Kier alpha value is -0.300. The minimum atomic E-state index is -4.67. The zero-order valence-corrected chi connectivity index (χ0v) is 8.37. The Bertz CT molecular complexity index is 229. The molecule has 0 amide bonds. The minimum absolute atomic E-state index is 1.88. The molecule has 0 aliphatic carbocycles. The zero-order valence-electron chi connectivity index (χ0n) is 6.74. The van der Waals surface area contributed by atoms with Crippen molar-refractivity contribution < 1.29 is 35.0 Å². The topological polar surface area (TPSA) is 161 Å². The van der Waals surface area contributed by atoms with Crippen LogP contribution in [0.4, 0.5) is 0 Å². The predicted molar refractivity (Wildman–Crippen MR) is 43.3 cm³/mol. The average Bonchev–Trinajstić information content (AvgIpc) is 1.52. The van der Waals surface area contributed by atoms with Gasteiger partial charge in [0.1, 0.15) is 0 Å². The molecule has 0 saturated carbocycles. The molecule has 0 heterocycles. The van der Waals surface area contributed by atoms with Gasteiger partial charge in [0.15, 0.2) is 0 Å². The standard InChI is InChI=1S/C2H7N.2H2O4S/c1-3-2;2*1-5(2,3)4/h3H,1-2H3;2*(H2,1,2,3,4). The van der Waals surface area contributed by atoms with Crippen LogP contribution in [0.3, 0.4) is 0 Å². The van der Waals surface area contributed by atoms with E-state index in [0.29, 0.717) is 0 Å². The van der Waals surface area contributed by atoms with Gasteiger partial charge in [0.25, 0.3) is 0 Å². The summed E-state index contributed by atoms with van der Waals surface area (Å²) >= 11 is 0. The first-order chi connectivity index (χ1) is 5.41. The van der Waals surface area contributed by atoms with Crippen molar-refractivity contribution in [3.8, 4) is 0 Å². The summed E-state index contributed by atoms with van der Waals surface area (Å²) in [6.07, 6.45) is 0. The highest BCUT2D eigenvalue weighted by molar-refractivity contribution is 7.80. The molecule has 5 N–H and O–H groups in total. The smallest absolute Gasteiger partial charge is 0.323 e. The number of nitrogens with one attached hydrogen (secondary N) is 1. The van der Waals surface area contributed by atoms with Crippen LogP contribution in [-0.4, -0.2) is 49.1 Å². The van der Waals surface area contributed by atoms with E-state index in [1.165, 1.54) is 0 Å². The van der Waals surface area contributed by atoms with Crippen LogP contribution in [0.2, 0.25) is 0 Å². The molecule has 11 heteroatoms. The lowest BCUT2D eigenvalue weighted by molar-refractivity contribution is 0.378. The highest BCUT2D eigenvalue weighted by atomic mass is 32.3. The fraction of sp³-hybridized carbons (Fsp3) is 1.00. The van der Waals surface area contributed by atoms with Gasteiger partial charge in [-0.1, -0.05) is 0 Å². The largest absolute Gasteiger partial charge is 0.394 e. The molecule has 0 unspecified atom stereocenters. The van der Waals surface area contributed by atoms with Gasteiger partial charge in [-0.3, -0.25) is 18.2 Å². The summed E-state index contributed by atoms with van der Waals surface area (Å²) in [7, 11) is -5.58.